The second-order valence-electron chi connectivity index (χ2n) is 2.74. The molecule has 0 spiro atoms. The number of carbonyl (C=O) groups excluding carboxylic acids is 1. The minimum atomic E-state index is -0.695. The van der Waals surface area contributed by atoms with Gasteiger partial charge in [0.25, 0.3) is 5.69 Å². The molecule has 5 nitrogen and oxygen atoms in total. The van der Waals surface area contributed by atoms with Crippen LogP contribution in [0.4, 0.5) is 5.69 Å². The molecule has 0 amide bonds. The molecule has 1 rings (SSSR count). The maximum Gasteiger partial charge on any atom is 0.287 e. The highest BCUT2D eigenvalue weighted by atomic mass is 127. The van der Waals surface area contributed by atoms with Crippen molar-refractivity contribution in [3.05, 3.63) is 36.9 Å². The monoisotopic (exact) mass is 350 g/mol. The topological polar surface area (TPSA) is 84.0 Å². The van der Waals surface area contributed by atoms with Gasteiger partial charge in [0.15, 0.2) is 5.78 Å². The summed E-state index contributed by atoms with van der Waals surface area (Å²) in [6.45, 7) is 0. The van der Waals surface area contributed by atoms with Crippen LogP contribution in [0.5, 0.6) is 0 Å². The minimum Gasteiger partial charge on any atom is -0.293 e. The van der Waals surface area contributed by atoms with Crippen molar-refractivity contribution >= 4 is 45.7 Å². The van der Waals surface area contributed by atoms with E-state index in [4.69, 9.17) is 16.9 Å². The summed E-state index contributed by atoms with van der Waals surface area (Å²) >= 11 is 7.22. The van der Waals surface area contributed by atoms with E-state index in [9.17, 15) is 14.9 Å². The van der Waals surface area contributed by atoms with Gasteiger partial charge in [0.05, 0.1) is 16.4 Å². The highest BCUT2D eigenvalue weighted by molar-refractivity contribution is 14.1. The van der Waals surface area contributed by atoms with Crippen LogP contribution in [0.3, 0.4) is 0 Å². The fourth-order valence-electron chi connectivity index (χ4n) is 1.17. The number of hydrogen-bond acceptors (Lipinski definition) is 4. The molecular formula is C9H4ClIN2O3. The predicted molar refractivity (Wildman–Crippen MR) is 65.6 cm³/mol. The second-order valence-corrected chi connectivity index (χ2v) is 4.17. The van der Waals surface area contributed by atoms with Gasteiger partial charge >= 0.3 is 0 Å². The van der Waals surface area contributed by atoms with Crippen molar-refractivity contribution in [3.63, 3.8) is 0 Å². The largest absolute Gasteiger partial charge is 0.293 e. The van der Waals surface area contributed by atoms with Crippen LogP contribution in [0.1, 0.15) is 15.9 Å². The molecular weight excluding hydrogens is 346 g/mol. The SMILES string of the molecule is N#Cc1c([N+](=O)[O-])ccc(I)c1C(=O)CCl. The summed E-state index contributed by atoms with van der Waals surface area (Å²) in [6, 6.07) is 4.29. The summed E-state index contributed by atoms with van der Waals surface area (Å²) in [5, 5.41) is 19.5. The quantitative estimate of drug-likeness (QED) is 0.276. The summed E-state index contributed by atoms with van der Waals surface area (Å²) in [7, 11) is 0. The van der Waals surface area contributed by atoms with Crippen LogP contribution in [0, 0.1) is 25.0 Å². The van der Waals surface area contributed by atoms with Crippen molar-refractivity contribution in [1.29, 1.82) is 5.26 Å². The van der Waals surface area contributed by atoms with Gasteiger partial charge in [-0.25, -0.2) is 0 Å². The molecule has 0 saturated heterocycles. The summed E-state index contributed by atoms with van der Waals surface area (Å²) in [5.41, 5.74) is -0.591. The summed E-state index contributed by atoms with van der Waals surface area (Å²) < 4.78 is 0.477. The Balaban J connectivity index is 3.58. The van der Waals surface area contributed by atoms with Crippen molar-refractivity contribution < 1.29 is 9.72 Å². The minimum absolute atomic E-state index is 0.0206. The third kappa shape index (κ3) is 2.31. The van der Waals surface area contributed by atoms with Gasteiger partial charge in [0.1, 0.15) is 11.6 Å². The zero-order valence-electron chi connectivity index (χ0n) is 7.74. The van der Waals surface area contributed by atoms with Crippen molar-refractivity contribution in [1.82, 2.24) is 0 Å². The molecule has 0 unspecified atom stereocenters. The molecule has 0 bridgehead atoms. The Morgan fingerprint density at radius 2 is 2.25 bits per heavy atom. The fourth-order valence-corrected chi connectivity index (χ4v) is 2.05. The maximum atomic E-state index is 11.5. The van der Waals surface area contributed by atoms with E-state index in [-0.39, 0.29) is 22.7 Å². The molecule has 1 aromatic carbocycles. The number of nitro benzene ring substituents is 1. The van der Waals surface area contributed by atoms with Gasteiger partial charge in [-0.15, -0.1) is 11.6 Å². The van der Waals surface area contributed by atoms with Crippen LogP contribution in [0.25, 0.3) is 0 Å². The van der Waals surface area contributed by atoms with E-state index in [1.807, 2.05) is 22.6 Å². The molecule has 0 aliphatic rings. The van der Waals surface area contributed by atoms with Crippen molar-refractivity contribution in [2.24, 2.45) is 0 Å². The van der Waals surface area contributed by atoms with E-state index < -0.39 is 10.7 Å². The van der Waals surface area contributed by atoms with Crippen molar-refractivity contribution in [2.45, 2.75) is 0 Å². The summed E-state index contributed by atoms with van der Waals surface area (Å²) in [5.74, 6) is -0.808. The Kier molecular flexibility index (Phi) is 4.20. The van der Waals surface area contributed by atoms with E-state index in [0.717, 1.165) is 0 Å². The maximum absolute atomic E-state index is 11.5. The van der Waals surface area contributed by atoms with Gasteiger partial charge in [-0.3, -0.25) is 14.9 Å². The molecule has 1 aromatic rings. The third-order valence-electron chi connectivity index (χ3n) is 1.84. The van der Waals surface area contributed by atoms with Crippen molar-refractivity contribution in [3.8, 4) is 6.07 Å². The number of Topliss-reactive ketones (excluding diaryl/α,β-unsaturated/α-hetero) is 1. The average molecular weight is 350 g/mol. The number of hydrogen-bond donors (Lipinski definition) is 0. The van der Waals surface area contributed by atoms with Crippen LogP contribution < -0.4 is 0 Å². The number of carbonyl (C=O) groups is 1. The Labute approximate surface area is 109 Å². The first-order valence-electron chi connectivity index (χ1n) is 3.99. The van der Waals surface area contributed by atoms with Gasteiger partial charge in [-0.05, 0) is 28.7 Å². The number of nitriles is 1. The number of halogens is 2. The average Bonchev–Trinajstić information content (AvgIpc) is 2.26. The molecule has 82 valence electrons. The molecule has 0 fully saturated rings. The van der Waals surface area contributed by atoms with E-state index in [1.165, 1.54) is 12.1 Å². The first-order chi connectivity index (χ1) is 7.52. The molecule has 0 N–H and O–H groups in total. The Hall–Kier alpha value is -1.20. The van der Waals surface area contributed by atoms with Gasteiger partial charge in [-0.2, -0.15) is 5.26 Å². The van der Waals surface area contributed by atoms with Crippen LogP contribution in [-0.4, -0.2) is 16.6 Å². The van der Waals surface area contributed by atoms with E-state index in [2.05, 4.69) is 0 Å². The van der Waals surface area contributed by atoms with Crippen LogP contribution in [0.2, 0.25) is 0 Å². The molecule has 0 heterocycles. The fraction of sp³-hybridized carbons (Fsp3) is 0.111. The molecule has 0 radical (unpaired) electrons. The molecule has 16 heavy (non-hydrogen) atoms. The van der Waals surface area contributed by atoms with Gasteiger partial charge < -0.3 is 0 Å². The Morgan fingerprint density at radius 3 is 2.69 bits per heavy atom. The zero-order chi connectivity index (χ0) is 12.3. The molecule has 0 atom stereocenters. The molecule has 0 aromatic heterocycles. The predicted octanol–water partition coefficient (Wildman–Crippen LogP) is 2.49. The number of nitro groups is 1. The highest BCUT2D eigenvalue weighted by Crippen LogP contribution is 2.26. The van der Waals surface area contributed by atoms with Crippen LogP contribution in [0.15, 0.2) is 12.1 Å². The number of benzene rings is 1. The lowest BCUT2D eigenvalue weighted by Gasteiger charge is -2.04. The van der Waals surface area contributed by atoms with Gasteiger partial charge in [-0.1, -0.05) is 0 Å². The number of ketones is 1. The highest BCUT2D eigenvalue weighted by Gasteiger charge is 2.23. The lowest BCUT2D eigenvalue weighted by molar-refractivity contribution is -0.385. The van der Waals surface area contributed by atoms with Crippen molar-refractivity contribution in [2.75, 3.05) is 5.88 Å². The third-order valence-corrected chi connectivity index (χ3v) is 2.98. The molecule has 7 heteroatoms. The first kappa shape index (κ1) is 12.9. The smallest absolute Gasteiger partial charge is 0.287 e. The number of alkyl halides is 1. The van der Waals surface area contributed by atoms with E-state index in [1.54, 1.807) is 6.07 Å². The second kappa shape index (κ2) is 5.23. The van der Waals surface area contributed by atoms with Gasteiger partial charge in [0, 0.05) is 9.64 Å². The standard InChI is InChI=1S/C9H4ClIN2O3/c10-3-8(14)9-5(4-12)7(13(15)16)2-1-6(9)11/h1-2H,3H2. The number of nitrogens with zero attached hydrogens (tertiary/aromatic N) is 2. The molecule has 0 aliphatic heterocycles. The normalized spacial score (nSPS) is 9.56. The lowest BCUT2D eigenvalue weighted by atomic mass is 10.0. The first-order valence-corrected chi connectivity index (χ1v) is 5.60. The van der Waals surface area contributed by atoms with E-state index in [0.29, 0.717) is 3.57 Å². The number of rotatable bonds is 3. The van der Waals surface area contributed by atoms with Crippen LogP contribution >= 0.6 is 34.2 Å². The lowest BCUT2D eigenvalue weighted by Crippen LogP contribution is -2.08. The zero-order valence-corrected chi connectivity index (χ0v) is 10.7. The molecule has 0 aliphatic carbocycles. The Morgan fingerprint density at radius 1 is 1.62 bits per heavy atom. The summed E-state index contributed by atoms with van der Waals surface area (Å²) in [4.78, 5) is 21.4. The van der Waals surface area contributed by atoms with Crippen LogP contribution in [-0.2, 0) is 0 Å². The Bertz CT molecular complexity index is 510. The molecule has 0 saturated carbocycles. The van der Waals surface area contributed by atoms with E-state index >= 15 is 0 Å². The summed E-state index contributed by atoms with van der Waals surface area (Å²) in [6.07, 6.45) is 0. The van der Waals surface area contributed by atoms with Gasteiger partial charge in [0.2, 0.25) is 0 Å².